The Morgan fingerprint density at radius 2 is 1.89 bits per heavy atom. The summed E-state index contributed by atoms with van der Waals surface area (Å²) < 4.78 is 5.36. The first-order chi connectivity index (χ1) is 8.63. The number of nitrogens with two attached hydrogens (primary N) is 1. The van der Waals surface area contributed by atoms with Crippen molar-refractivity contribution >= 4 is 0 Å². The molecule has 3 heteroatoms. The quantitative estimate of drug-likeness (QED) is 0.863. The monoisotopic (exact) mass is 248 g/mol. The number of piperidine rings is 1. The van der Waals surface area contributed by atoms with Crippen LogP contribution in [0.5, 0.6) is 5.75 Å². The Hall–Kier alpha value is -1.06. The van der Waals surface area contributed by atoms with E-state index in [2.05, 4.69) is 31.3 Å². The van der Waals surface area contributed by atoms with Crippen molar-refractivity contribution in [2.45, 2.75) is 32.7 Å². The van der Waals surface area contributed by atoms with Crippen molar-refractivity contribution in [2.75, 3.05) is 20.2 Å². The third-order valence-corrected chi connectivity index (χ3v) is 4.03. The highest BCUT2D eigenvalue weighted by atomic mass is 16.5. The summed E-state index contributed by atoms with van der Waals surface area (Å²) in [7, 11) is 1.72. The molecule has 2 rings (SSSR count). The van der Waals surface area contributed by atoms with E-state index in [1.54, 1.807) is 7.11 Å². The lowest BCUT2D eigenvalue weighted by molar-refractivity contribution is 0.321. The summed E-state index contributed by atoms with van der Waals surface area (Å²) >= 11 is 0. The topological polar surface area (TPSA) is 47.3 Å². The molecule has 1 heterocycles. The lowest BCUT2D eigenvalue weighted by atomic mass is 9.84. The number of aryl methyl sites for hydroxylation is 2. The van der Waals surface area contributed by atoms with Crippen LogP contribution in [-0.2, 0) is 0 Å². The molecule has 18 heavy (non-hydrogen) atoms. The zero-order valence-corrected chi connectivity index (χ0v) is 11.6. The van der Waals surface area contributed by atoms with E-state index in [0.717, 1.165) is 18.8 Å². The van der Waals surface area contributed by atoms with E-state index in [0.29, 0.717) is 5.92 Å². The van der Waals surface area contributed by atoms with E-state index in [1.165, 1.54) is 29.5 Å². The molecule has 0 spiro atoms. The molecule has 0 aliphatic carbocycles. The maximum atomic E-state index is 6.46. The molecule has 3 N–H and O–H groups in total. The van der Waals surface area contributed by atoms with Gasteiger partial charge in [-0.05, 0) is 68.5 Å². The van der Waals surface area contributed by atoms with Gasteiger partial charge in [-0.3, -0.25) is 0 Å². The summed E-state index contributed by atoms with van der Waals surface area (Å²) in [6.07, 6.45) is 2.34. The fourth-order valence-corrected chi connectivity index (χ4v) is 2.85. The normalized spacial score (nSPS) is 18.7. The number of nitrogens with one attached hydrogen (secondary N) is 1. The summed E-state index contributed by atoms with van der Waals surface area (Å²) in [6.45, 7) is 6.38. The second-order valence-corrected chi connectivity index (χ2v) is 5.29. The van der Waals surface area contributed by atoms with Crippen LogP contribution in [0.4, 0.5) is 0 Å². The standard InChI is InChI=1S/C15H24N2O/c1-10-9-14(18-3)11(2)8-13(10)15(16)12-4-6-17-7-5-12/h8-9,12,15,17H,4-7,16H2,1-3H3. The van der Waals surface area contributed by atoms with Crippen molar-refractivity contribution in [3.05, 3.63) is 28.8 Å². The molecule has 1 aromatic carbocycles. The van der Waals surface area contributed by atoms with Gasteiger partial charge in [0.2, 0.25) is 0 Å². The Morgan fingerprint density at radius 1 is 1.22 bits per heavy atom. The minimum absolute atomic E-state index is 0.150. The smallest absolute Gasteiger partial charge is 0.122 e. The largest absolute Gasteiger partial charge is 0.496 e. The lowest BCUT2D eigenvalue weighted by Crippen LogP contribution is -2.34. The van der Waals surface area contributed by atoms with E-state index >= 15 is 0 Å². The fourth-order valence-electron chi connectivity index (χ4n) is 2.85. The number of hydrogen-bond acceptors (Lipinski definition) is 3. The van der Waals surface area contributed by atoms with Gasteiger partial charge in [-0.2, -0.15) is 0 Å². The molecule has 1 aromatic rings. The molecule has 3 nitrogen and oxygen atoms in total. The van der Waals surface area contributed by atoms with E-state index in [4.69, 9.17) is 10.5 Å². The predicted octanol–water partition coefficient (Wildman–Crippen LogP) is 2.31. The molecule has 0 aromatic heterocycles. The average molecular weight is 248 g/mol. The van der Waals surface area contributed by atoms with Crippen molar-refractivity contribution < 1.29 is 4.74 Å². The zero-order valence-electron chi connectivity index (χ0n) is 11.6. The Bertz CT molecular complexity index is 411. The van der Waals surface area contributed by atoms with Crippen molar-refractivity contribution in [1.82, 2.24) is 5.32 Å². The highest BCUT2D eigenvalue weighted by Crippen LogP contribution is 2.32. The van der Waals surface area contributed by atoms with Gasteiger partial charge in [-0.25, -0.2) is 0 Å². The van der Waals surface area contributed by atoms with Gasteiger partial charge in [0.1, 0.15) is 5.75 Å². The fraction of sp³-hybridized carbons (Fsp3) is 0.600. The molecule has 1 aliphatic rings. The van der Waals surface area contributed by atoms with Gasteiger partial charge in [-0.1, -0.05) is 6.07 Å². The van der Waals surface area contributed by atoms with E-state index in [1.807, 2.05) is 0 Å². The van der Waals surface area contributed by atoms with Gasteiger partial charge in [0.15, 0.2) is 0 Å². The first-order valence-electron chi connectivity index (χ1n) is 6.75. The lowest BCUT2D eigenvalue weighted by Gasteiger charge is -2.29. The molecule has 1 aliphatic heterocycles. The Kier molecular flexibility index (Phi) is 4.25. The second kappa shape index (κ2) is 5.72. The first-order valence-corrected chi connectivity index (χ1v) is 6.75. The van der Waals surface area contributed by atoms with Gasteiger partial charge < -0.3 is 15.8 Å². The number of rotatable bonds is 3. The third kappa shape index (κ3) is 2.68. The average Bonchev–Trinajstić information content (AvgIpc) is 2.41. The van der Waals surface area contributed by atoms with Gasteiger partial charge in [0.05, 0.1) is 7.11 Å². The third-order valence-electron chi connectivity index (χ3n) is 4.03. The van der Waals surface area contributed by atoms with Crippen LogP contribution in [-0.4, -0.2) is 20.2 Å². The first kappa shape index (κ1) is 13.4. The van der Waals surface area contributed by atoms with Gasteiger partial charge in [-0.15, -0.1) is 0 Å². The molecule has 1 unspecified atom stereocenters. The molecule has 100 valence electrons. The van der Waals surface area contributed by atoms with Crippen LogP contribution >= 0.6 is 0 Å². The molecule has 1 atom stereocenters. The van der Waals surface area contributed by atoms with Crippen LogP contribution in [0.2, 0.25) is 0 Å². The van der Waals surface area contributed by atoms with Gasteiger partial charge in [0.25, 0.3) is 0 Å². The number of methoxy groups -OCH3 is 1. The Labute approximate surface area is 110 Å². The van der Waals surface area contributed by atoms with Gasteiger partial charge in [0, 0.05) is 6.04 Å². The summed E-state index contributed by atoms with van der Waals surface area (Å²) in [5.41, 5.74) is 10.1. The highest BCUT2D eigenvalue weighted by molar-refractivity contribution is 5.43. The zero-order chi connectivity index (χ0) is 13.1. The molecule has 0 amide bonds. The SMILES string of the molecule is COc1cc(C)c(C(N)C2CCNCC2)cc1C. The number of ether oxygens (including phenoxy) is 1. The molecular weight excluding hydrogens is 224 g/mol. The minimum Gasteiger partial charge on any atom is -0.496 e. The van der Waals surface area contributed by atoms with E-state index < -0.39 is 0 Å². The van der Waals surface area contributed by atoms with Gasteiger partial charge >= 0.3 is 0 Å². The number of benzene rings is 1. The molecule has 0 radical (unpaired) electrons. The molecule has 0 bridgehead atoms. The van der Waals surface area contributed by atoms with Crippen molar-refractivity contribution in [2.24, 2.45) is 11.7 Å². The molecule has 1 fully saturated rings. The predicted molar refractivity (Wildman–Crippen MR) is 75.0 cm³/mol. The van der Waals surface area contributed by atoms with E-state index in [-0.39, 0.29) is 6.04 Å². The molecule has 0 saturated carbocycles. The highest BCUT2D eigenvalue weighted by Gasteiger charge is 2.23. The Balaban J connectivity index is 2.23. The number of hydrogen-bond donors (Lipinski definition) is 2. The van der Waals surface area contributed by atoms with Crippen LogP contribution in [0.15, 0.2) is 12.1 Å². The summed E-state index contributed by atoms with van der Waals surface area (Å²) in [5.74, 6) is 1.55. The summed E-state index contributed by atoms with van der Waals surface area (Å²) in [4.78, 5) is 0. The summed E-state index contributed by atoms with van der Waals surface area (Å²) in [6, 6.07) is 4.45. The van der Waals surface area contributed by atoms with E-state index in [9.17, 15) is 0 Å². The van der Waals surface area contributed by atoms with Crippen LogP contribution in [0.3, 0.4) is 0 Å². The van der Waals surface area contributed by atoms with Crippen LogP contribution in [0, 0.1) is 19.8 Å². The van der Waals surface area contributed by atoms with Crippen LogP contribution in [0.1, 0.15) is 35.6 Å². The van der Waals surface area contributed by atoms with Crippen molar-refractivity contribution in [3.8, 4) is 5.75 Å². The Morgan fingerprint density at radius 3 is 2.50 bits per heavy atom. The minimum atomic E-state index is 0.150. The van der Waals surface area contributed by atoms with Crippen molar-refractivity contribution in [1.29, 1.82) is 0 Å². The maximum absolute atomic E-state index is 6.46. The second-order valence-electron chi connectivity index (χ2n) is 5.29. The van der Waals surface area contributed by atoms with Crippen LogP contribution < -0.4 is 15.8 Å². The summed E-state index contributed by atoms with van der Waals surface area (Å²) in [5, 5.41) is 3.39. The van der Waals surface area contributed by atoms with Crippen molar-refractivity contribution in [3.63, 3.8) is 0 Å². The molecule has 1 saturated heterocycles. The van der Waals surface area contributed by atoms with Crippen LogP contribution in [0.25, 0.3) is 0 Å². The maximum Gasteiger partial charge on any atom is 0.122 e. The molecular formula is C15H24N2O.